The second-order valence-electron chi connectivity index (χ2n) is 5.66. The highest BCUT2D eigenvalue weighted by Gasteiger charge is 2.28. The molecule has 0 radical (unpaired) electrons. The molecule has 0 aliphatic carbocycles. The Morgan fingerprint density at radius 1 is 1.33 bits per heavy atom. The predicted molar refractivity (Wildman–Crippen MR) is 68.3 cm³/mol. The first-order valence-electron chi connectivity index (χ1n) is 7.02. The molecule has 3 heterocycles. The Hall–Kier alpha value is -0.940. The molecule has 5 heteroatoms. The summed E-state index contributed by atoms with van der Waals surface area (Å²) in [6.45, 7) is 5.88. The quantitative estimate of drug-likeness (QED) is 0.878. The van der Waals surface area contributed by atoms with E-state index < -0.39 is 0 Å². The number of ether oxygens (including phenoxy) is 1. The molecule has 1 unspecified atom stereocenters. The third-order valence-electron chi connectivity index (χ3n) is 4.04. The van der Waals surface area contributed by atoms with Crippen LogP contribution in [0, 0.1) is 0 Å². The van der Waals surface area contributed by atoms with E-state index in [1.54, 1.807) is 0 Å². The molecule has 1 atom stereocenters. The highest BCUT2D eigenvalue weighted by molar-refractivity contribution is 4.98. The van der Waals surface area contributed by atoms with E-state index in [1.165, 1.54) is 19.3 Å². The van der Waals surface area contributed by atoms with Crippen LogP contribution in [-0.2, 0) is 24.3 Å². The highest BCUT2D eigenvalue weighted by Crippen LogP contribution is 2.22. The fourth-order valence-corrected chi connectivity index (χ4v) is 2.87. The van der Waals surface area contributed by atoms with Gasteiger partial charge in [0.15, 0.2) is 5.82 Å². The first-order valence-corrected chi connectivity index (χ1v) is 7.02. The van der Waals surface area contributed by atoms with E-state index in [9.17, 15) is 0 Å². The monoisotopic (exact) mass is 250 g/mol. The molecule has 0 bridgehead atoms. The lowest BCUT2D eigenvalue weighted by Gasteiger charge is -2.34. The zero-order valence-electron chi connectivity index (χ0n) is 11.1. The van der Waals surface area contributed by atoms with Crippen molar-refractivity contribution in [2.75, 3.05) is 13.1 Å². The molecular weight excluding hydrogens is 228 g/mol. The molecule has 2 aliphatic heterocycles. The van der Waals surface area contributed by atoms with Crippen LogP contribution < -0.4 is 5.32 Å². The van der Waals surface area contributed by atoms with Crippen molar-refractivity contribution in [3.8, 4) is 0 Å². The molecule has 1 aromatic heterocycles. The molecular formula is C13H22N4O. The van der Waals surface area contributed by atoms with E-state index in [0.717, 1.165) is 44.1 Å². The molecule has 2 aliphatic rings. The first-order chi connectivity index (χ1) is 8.77. The number of aromatic nitrogens is 3. The lowest BCUT2D eigenvalue weighted by Crippen LogP contribution is -2.45. The van der Waals surface area contributed by atoms with Crippen molar-refractivity contribution in [3.63, 3.8) is 0 Å². The van der Waals surface area contributed by atoms with Gasteiger partial charge in [-0.15, -0.1) is 10.2 Å². The molecule has 0 saturated carbocycles. The summed E-state index contributed by atoms with van der Waals surface area (Å²) in [5, 5.41) is 11.9. The van der Waals surface area contributed by atoms with E-state index in [4.69, 9.17) is 4.74 Å². The summed E-state index contributed by atoms with van der Waals surface area (Å²) < 4.78 is 8.33. The minimum absolute atomic E-state index is 0.0424. The summed E-state index contributed by atoms with van der Waals surface area (Å²) in [6.07, 6.45) is 5.85. The lowest BCUT2D eigenvalue weighted by atomic mass is 9.96. The van der Waals surface area contributed by atoms with E-state index in [1.807, 2.05) is 0 Å². The van der Waals surface area contributed by atoms with Crippen LogP contribution in [0.2, 0.25) is 0 Å². The number of rotatable bonds is 3. The van der Waals surface area contributed by atoms with Crippen LogP contribution in [0.3, 0.4) is 0 Å². The van der Waals surface area contributed by atoms with Gasteiger partial charge in [0.1, 0.15) is 12.4 Å². The van der Waals surface area contributed by atoms with Crippen molar-refractivity contribution >= 4 is 0 Å². The minimum Gasteiger partial charge on any atom is -0.366 e. The standard InChI is InChI=1S/C13H22N4O/c1-13(6-4-7-14-10-13)18-9-12-16-15-11-5-2-3-8-17(11)12/h14H,2-10H2,1H3. The Balaban J connectivity index is 1.64. The van der Waals surface area contributed by atoms with Crippen LogP contribution in [0.15, 0.2) is 0 Å². The summed E-state index contributed by atoms with van der Waals surface area (Å²) in [5.41, 5.74) is -0.0424. The zero-order chi connectivity index (χ0) is 12.4. The fraction of sp³-hybridized carbons (Fsp3) is 0.846. The topological polar surface area (TPSA) is 52.0 Å². The number of aryl methyl sites for hydroxylation is 1. The highest BCUT2D eigenvalue weighted by atomic mass is 16.5. The van der Waals surface area contributed by atoms with Gasteiger partial charge < -0.3 is 14.6 Å². The smallest absolute Gasteiger partial charge is 0.159 e. The molecule has 1 saturated heterocycles. The van der Waals surface area contributed by atoms with Gasteiger partial charge in [-0.25, -0.2) is 0 Å². The van der Waals surface area contributed by atoms with E-state index in [-0.39, 0.29) is 5.60 Å². The minimum atomic E-state index is -0.0424. The number of fused-ring (bicyclic) bond motifs is 1. The van der Waals surface area contributed by atoms with E-state index in [0.29, 0.717) is 6.61 Å². The molecule has 1 N–H and O–H groups in total. The Morgan fingerprint density at radius 2 is 2.28 bits per heavy atom. The second-order valence-corrected chi connectivity index (χ2v) is 5.66. The average molecular weight is 250 g/mol. The summed E-state index contributed by atoms with van der Waals surface area (Å²) in [7, 11) is 0. The van der Waals surface area contributed by atoms with Gasteiger partial charge in [0.05, 0.1) is 5.60 Å². The van der Waals surface area contributed by atoms with Gasteiger partial charge in [-0.3, -0.25) is 0 Å². The Labute approximate surface area is 108 Å². The average Bonchev–Trinajstić information content (AvgIpc) is 2.81. The maximum absolute atomic E-state index is 6.10. The molecule has 100 valence electrons. The molecule has 1 aromatic rings. The third kappa shape index (κ3) is 2.42. The summed E-state index contributed by atoms with van der Waals surface area (Å²) in [5.74, 6) is 2.13. The van der Waals surface area contributed by atoms with Crippen LogP contribution in [0.4, 0.5) is 0 Å². The maximum Gasteiger partial charge on any atom is 0.159 e. The van der Waals surface area contributed by atoms with Gasteiger partial charge in [0.25, 0.3) is 0 Å². The molecule has 5 nitrogen and oxygen atoms in total. The number of hydrogen-bond acceptors (Lipinski definition) is 4. The number of nitrogens with zero attached hydrogens (tertiary/aromatic N) is 3. The van der Waals surface area contributed by atoms with Crippen LogP contribution in [-0.4, -0.2) is 33.5 Å². The lowest BCUT2D eigenvalue weighted by molar-refractivity contribution is -0.0607. The molecule has 0 amide bonds. The number of nitrogens with one attached hydrogen (secondary N) is 1. The third-order valence-corrected chi connectivity index (χ3v) is 4.04. The van der Waals surface area contributed by atoms with Crippen molar-refractivity contribution in [1.29, 1.82) is 0 Å². The number of hydrogen-bond donors (Lipinski definition) is 1. The molecule has 18 heavy (non-hydrogen) atoms. The normalized spacial score (nSPS) is 28.1. The van der Waals surface area contributed by atoms with Crippen LogP contribution >= 0.6 is 0 Å². The molecule has 1 fully saturated rings. The van der Waals surface area contributed by atoms with Gasteiger partial charge in [0.2, 0.25) is 0 Å². The molecule has 3 rings (SSSR count). The van der Waals surface area contributed by atoms with E-state index in [2.05, 4.69) is 27.0 Å². The van der Waals surface area contributed by atoms with E-state index >= 15 is 0 Å². The first kappa shape index (κ1) is 12.1. The van der Waals surface area contributed by atoms with Crippen molar-refractivity contribution in [2.45, 2.75) is 57.8 Å². The van der Waals surface area contributed by atoms with Crippen LogP contribution in [0.5, 0.6) is 0 Å². The van der Waals surface area contributed by atoms with Gasteiger partial charge in [0, 0.05) is 19.5 Å². The SMILES string of the molecule is CC1(OCc2nnc3n2CCCC3)CCCNC1. The Bertz CT molecular complexity index is 409. The zero-order valence-corrected chi connectivity index (χ0v) is 11.1. The van der Waals surface area contributed by atoms with Gasteiger partial charge in [-0.1, -0.05) is 0 Å². The van der Waals surface area contributed by atoms with Crippen LogP contribution in [0.1, 0.15) is 44.3 Å². The summed E-state index contributed by atoms with van der Waals surface area (Å²) in [4.78, 5) is 0. The van der Waals surface area contributed by atoms with Gasteiger partial charge in [-0.2, -0.15) is 0 Å². The van der Waals surface area contributed by atoms with Crippen molar-refractivity contribution in [3.05, 3.63) is 11.6 Å². The largest absolute Gasteiger partial charge is 0.366 e. The molecule has 0 spiro atoms. The van der Waals surface area contributed by atoms with Crippen molar-refractivity contribution < 1.29 is 4.74 Å². The summed E-state index contributed by atoms with van der Waals surface area (Å²) in [6, 6.07) is 0. The Kier molecular flexibility index (Phi) is 3.35. The Morgan fingerprint density at radius 3 is 3.11 bits per heavy atom. The fourth-order valence-electron chi connectivity index (χ4n) is 2.87. The summed E-state index contributed by atoms with van der Waals surface area (Å²) >= 11 is 0. The van der Waals surface area contributed by atoms with Crippen LogP contribution in [0.25, 0.3) is 0 Å². The number of piperidine rings is 1. The molecule has 0 aromatic carbocycles. The second kappa shape index (κ2) is 4.97. The van der Waals surface area contributed by atoms with Crippen molar-refractivity contribution in [1.82, 2.24) is 20.1 Å². The van der Waals surface area contributed by atoms with Gasteiger partial charge in [-0.05, 0) is 39.2 Å². The van der Waals surface area contributed by atoms with Gasteiger partial charge >= 0.3 is 0 Å². The maximum atomic E-state index is 6.10. The van der Waals surface area contributed by atoms with Crippen molar-refractivity contribution in [2.24, 2.45) is 0 Å². The predicted octanol–water partition coefficient (Wildman–Crippen LogP) is 1.27.